The van der Waals surface area contributed by atoms with Gasteiger partial charge >= 0.3 is 0 Å². The molecular weight excluding hydrogens is 190 g/mol. The third kappa shape index (κ3) is 2.75. The van der Waals surface area contributed by atoms with Gasteiger partial charge in [-0.2, -0.15) is 0 Å². The molecule has 0 spiro atoms. The van der Waals surface area contributed by atoms with Gasteiger partial charge in [0.2, 0.25) is 5.95 Å². The minimum atomic E-state index is 0. The summed E-state index contributed by atoms with van der Waals surface area (Å²) in [6.07, 6.45) is 7.62. The van der Waals surface area contributed by atoms with E-state index in [1.54, 1.807) is 12.4 Å². The molecule has 1 aromatic heterocycles. The van der Waals surface area contributed by atoms with Gasteiger partial charge in [-0.1, -0.05) is 7.43 Å². The summed E-state index contributed by atoms with van der Waals surface area (Å²) < 4.78 is 0. The largest absolute Gasteiger partial charge is 0.341 e. The lowest BCUT2D eigenvalue weighted by Gasteiger charge is -2.26. The molecule has 0 radical (unpaired) electrons. The van der Waals surface area contributed by atoms with Crippen LogP contribution in [0.5, 0.6) is 0 Å². The van der Waals surface area contributed by atoms with Crippen LogP contribution < -0.4 is 4.90 Å². The van der Waals surface area contributed by atoms with Crippen molar-refractivity contribution in [3.05, 3.63) is 18.0 Å². The molecule has 1 aliphatic heterocycles. The summed E-state index contributed by atoms with van der Waals surface area (Å²) in [5.74, 6) is 0.746. The predicted molar refractivity (Wildman–Crippen MR) is 60.2 cm³/mol. The van der Waals surface area contributed by atoms with E-state index in [0.717, 1.165) is 25.3 Å². The Morgan fingerprint density at radius 3 is 2.27 bits per heavy atom. The minimum Gasteiger partial charge on any atom is -0.341 e. The Hall–Kier alpha value is -1.45. The van der Waals surface area contributed by atoms with Crippen molar-refractivity contribution in [1.82, 2.24) is 9.97 Å². The number of piperidine rings is 1. The zero-order chi connectivity index (χ0) is 9.80. The molecule has 1 saturated heterocycles. The number of aldehydes is 1. The lowest BCUT2D eigenvalue weighted by atomic mass is 10.1. The molecule has 2 heterocycles. The maximum atomic E-state index is 10.4. The number of carbonyl (C=O) groups excluding carboxylic acids is 1. The third-order valence-corrected chi connectivity index (χ3v) is 2.43. The Bertz CT molecular complexity index is 304. The van der Waals surface area contributed by atoms with E-state index >= 15 is 0 Å². The van der Waals surface area contributed by atoms with Crippen molar-refractivity contribution in [2.75, 3.05) is 18.0 Å². The number of aromatic nitrogens is 2. The number of anilines is 1. The van der Waals surface area contributed by atoms with Crippen LogP contribution in [0.4, 0.5) is 5.95 Å². The van der Waals surface area contributed by atoms with E-state index in [9.17, 15) is 4.79 Å². The summed E-state index contributed by atoms with van der Waals surface area (Å²) in [4.78, 5) is 20.9. The first-order chi connectivity index (χ1) is 6.90. The summed E-state index contributed by atoms with van der Waals surface area (Å²) in [6, 6.07) is 0. The van der Waals surface area contributed by atoms with Crippen LogP contribution >= 0.6 is 0 Å². The third-order valence-electron chi connectivity index (χ3n) is 2.43. The molecule has 0 bridgehead atoms. The molecule has 0 atom stereocenters. The lowest BCUT2D eigenvalue weighted by molar-refractivity contribution is 0.112. The van der Waals surface area contributed by atoms with Gasteiger partial charge in [-0.25, -0.2) is 9.97 Å². The fourth-order valence-electron chi connectivity index (χ4n) is 1.65. The van der Waals surface area contributed by atoms with Crippen molar-refractivity contribution >= 4 is 12.2 Å². The summed E-state index contributed by atoms with van der Waals surface area (Å²) in [5, 5.41) is 0. The highest BCUT2D eigenvalue weighted by Gasteiger charge is 2.12. The van der Waals surface area contributed by atoms with Crippen molar-refractivity contribution in [3.63, 3.8) is 0 Å². The maximum absolute atomic E-state index is 10.4. The molecule has 4 heteroatoms. The topological polar surface area (TPSA) is 46.1 Å². The molecule has 4 nitrogen and oxygen atoms in total. The molecule has 15 heavy (non-hydrogen) atoms. The predicted octanol–water partition coefficient (Wildman–Crippen LogP) is 1.92. The van der Waals surface area contributed by atoms with Crippen LogP contribution in [0.15, 0.2) is 12.4 Å². The average Bonchev–Trinajstić information content (AvgIpc) is 2.30. The molecule has 0 saturated carbocycles. The van der Waals surface area contributed by atoms with Gasteiger partial charge in [0, 0.05) is 25.5 Å². The normalized spacial score (nSPS) is 15.6. The van der Waals surface area contributed by atoms with E-state index in [1.807, 2.05) is 0 Å². The van der Waals surface area contributed by atoms with Crippen molar-refractivity contribution in [1.29, 1.82) is 0 Å². The minimum absolute atomic E-state index is 0. The number of hydrogen-bond donors (Lipinski definition) is 0. The molecule has 0 unspecified atom stereocenters. The zero-order valence-electron chi connectivity index (χ0n) is 8.02. The summed E-state index contributed by atoms with van der Waals surface area (Å²) >= 11 is 0. The van der Waals surface area contributed by atoms with Crippen LogP contribution in [0.1, 0.15) is 37.0 Å². The Kier molecular flexibility index (Phi) is 4.21. The van der Waals surface area contributed by atoms with Crippen LogP contribution in [0.25, 0.3) is 0 Å². The van der Waals surface area contributed by atoms with Gasteiger partial charge in [-0.15, -0.1) is 0 Å². The first-order valence-corrected chi connectivity index (χ1v) is 4.92. The highest BCUT2D eigenvalue weighted by atomic mass is 16.1. The maximum Gasteiger partial charge on any atom is 0.225 e. The quantitative estimate of drug-likeness (QED) is 0.695. The van der Waals surface area contributed by atoms with Gasteiger partial charge in [-0.05, 0) is 19.3 Å². The van der Waals surface area contributed by atoms with Crippen LogP contribution in [-0.2, 0) is 0 Å². The fourth-order valence-corrected chi connectivity index (χ4v) is 1.65. The second-order valence-electron chi connectivity index (χ2n) is 3.48. The Labute approximate surface area is 90.3 Å². The van der Waals surface area contributed by atoms with Crippen molar-refractivity contribution in [3.8, 4) is 0 Å². The van der Waals surface area contributed by atoms with Crippen LogP contribution in [0, 0.1) is 0 Å². The van der Waals surface area contributed by atoms with Gasteiger partial charge in [0.25, 0.3) is 0 Å². The van der Waals surface area contributed by atoms with Gasteiger partial charge in [0.15, 0.2) is 6.29 Å². The second-order valence-corrected chi connectivity index (χ2v) is 3.48. The Balaban J connectivity index is 0.00000112. The van der Waals surface area contributed by atoms with E-state index in [2.05, 4.69) is 14.9 Å². The fraction of sp³-hybridized carbons (Fsp3) is 0.545. The van der Waals surface area contributed by atoms with Crippen molar-refractivity contribution in [2.45, 2.75) is 26.7 Å². The Morgan fingerprint density at radius 1 is 1.13 bits per heavy atom. The number of carbonyl (C=O) groups is 1. The highest BCUT2D eigenvalue weighted by Crippen LogP contribution is 2.14. The molecule has 0 amide bonds. The smallest absolute Gasteiger partial charge is 0.225 e. The van der Waals surface area contributed by atoms with E-state index in [1.165, 1.54) is 19.3 Å². The highest BCUT2D eigenvalue weighted by molar-refractivity contribution is 5.73. The molecule has 1 aliphatic rings. The molecule has 2 rings (SSSR count). The lowest BCUT2D eigenvalue weighted by Crippen LogP contribution is -2.30. The SMILES string of the molecule is C.O=Cc1cnc(N2CCCCC2)nc1. The van der Waals surface area contributed by atoms with Crippen LogP contribution in [0.3, 0.4) is 0 Å². The van der Waals surface area contributed by atoms with Gasteiger partial charge in [0.05, 0.1) is 5.56 Å². The first-order valence-electron chi connectivity index (χ1n) is 4.92. The average molecular weight is 207 g/mol. The second kappa shape index (κ2) is 5.44. The van der Waals surface area contributed by atoms with E-state index in [4.69, 9.17) is 0 Å². The van der Waals surface area contributed by atoms with Crippen LogP contribution in [-0.4, -0.2) is 29.3 Å². The monoisotopic (exact) mass is 207 g/mol. The van der Waals surface area contributed by atoms with E-state index in [-0.39, 0.29) is 7.43 Å². The van der Waals surface area contributed by atoms with E-state index in [0.29, 0.717) is 5.56 Å². The summed E-state index contributed by atoms with van der Waals surface area (Å²) in [5.41, 5.74) is 0.533. The molecule has 0 aromatic carbocycles. The molecule has 82 valence electrons. The Morgan fingerprint density at radius 2 is 1.73 bits per heavy atom. The van der Waals surface area contributed by atoms with Crippen LogP contribution in [0.2, 0.25) is 0 Å². The van der Waals surface area contributed by atoms with Gasteiger partial charge in [0.1, 0.15) is 0 Å². The first kappa shape index (κ1) is 11.6. The summed E-state index contributed by atoms with van der Waals surface area (Å²) in [6.45, 7) is 2.06. The molecular formula is C11H17N3O. The van der Waals surface area contributed by atoms with E-state index < -0.39 is 0 Å². The zero-order valence-corrected chi connectivity index (χ0v) is 8.02. The number of nitrogens with zero attached hydrogens (tertiary/aromatic N) is 3. The van der Waals surface area contributed by atoms with Crippen molar-refractivity contribution < 1.29 is 4.79 Å². The summed E-state index contributed by atoms with van der Waals surface area (Å²) in [7, 11) is 0. The molecule has 0 N–H and O–H groups in total. The standard InChI is InChI=1S/C10H13N3O.CH4/c14-8-9-6-11-10(12-7-9)13-4-2-1-3-5-13;/h6-8H,1-5H2;1H4. The van der Waals surface area contributed by atoms with Crippen molar-refractivity contribution in [2.24, 2.45) is 0 Å². The number of hydrogen-bond acceptors (Lipinski definition) is 4. The van der Waals surface area contributed by atoms with Gasteiger partial charge in [-0.3, -0.25) is 4.79 Å². The molecule has 1 fully saturated rings. The molecule has 0 aliphatic carbocycles. The number of rotatable bonds is 2. The molecule has 1 aromatic rings. The van der Waals surface area contributed by atoms with Gasteiger partial charge < -0.3 is 4.90 Å².